The van der Waals surface area contributed by atoms with E-state index in [9.17, 15) is 14.9 Å². The smallest absolute Gasteiger partial charge is 0.269 e. The van der Waals surface area contributed by atoms with E-state index in [2.05, 4.69) is 24.3 Å². The molecular formula is C21H18N2O3S2. The number of amides is 1. The number of carbonyl (C=O) groups is 1. The number of nitro benzene ring substituents is 1. The lowest BCUT2D eigenvalue weighted by molar-refractivity contribution is -0.384. The predicted octanol–water partition coefficient (Wildman–Crippen LogP) is 5.60. The van der Waals surface area contributed by atoms with Gasteiger partial charge < -0.3 is 4.90 Å². The Morgan fingerprint density at radius 2 is 1.82 bits per heavy atom. The Labute approximate surface area is 171 Å². The van der Waals surface area contributed by atoms with E-state index >= 15 is 0 Å². The fourth-order valence-corrected chi connectivity index (χ4v) is 5.36. The summed E-state index contributed by atoms with van der Waals surface area (Å²) < 4.78 is 0. The molecule has 3 aromatic rings. The summed E-state index contributed by atoms with van der Waals surface area (Å²) in [7, 11) is 0. The summed E-state index contributed by atoms with van der Waals surface area (Å²) in [6, 6.07) is 16.7. The maximum Gasteiger partial charge on any atom is 0.269 e. The van der Waals surface area contributed by atoms with Gasteiger partial charge in [-0.25, -0.2) is 0 Å². The first-order chi connectivity index (χ1) is 13.5. The molecule has 0 N–H and O–H groups in total. The lowest BCUT2D eigenvalue weighted by Gasteiger charge is -2.28. The molecule has 1 saturated heterocycles. The number of hydrogen-bond acceptors (Lipinski definition) is 5. The van der Waals surface area contributed by atoms with Gasteiger partial charge >= 0.3 is 0 Å². The minimum absolute atomic E-state index is 0.0246. The van der Waals surface area contributed by atoms with Gasteiger partial charge in [0.15, 0.2) is 0 Å². The molecule has 0 radical (unpaired) electrons. The Hall–Kier alpha value is -2.64. The van der Waals surface area contributed by atoms with Gasteiger partial charge in [-0.3, -0.25) is 14.9 Å². The number of thiophene rings is 1. The summed E-state index contributed by atoms with van der Waals surface area (Å²) >= 11 is 3.17. The maximum absolute atomic E-state index is 12.9. The van der Waals surface area contributed by atoms with Crippen LogP contribution in [0, 0.1) is 17.0 Å². The summed E-state index contributed by atoms with van der Waals surface area (Å²) in [5, 5.41) is 14.9. The van der Waals surface area contributed by atoms with Crippen LogP contribution in [-0.2, 0) is 4.79 Å². The number of rotatable bonds is 5. The van der Waals surface area contributed by atoms with Gasteiger partial charge in [-0.2, -0.15) is 11.3 Å². The van der Waals surface area contributed by atoms with Crippen LogP contribution in [0.25, 0.3) is 0 Å². The number of benzene rings is 2. The van der Waals surface area contributed by atoms with E-state index in [0.717, 1.165) is 16.1 Å². The van der Waals surface area contributed by atoms with Crippen molar-refractivity contribution < 1.29 is 9.72 Å². The quantitative estimate of drug-likeness (QED) is 0.405. The van der Waals surface area contributed by atoms with Crippen molar-refractivity contribution in [2.45, 2.75) is 29.5 Å². The number of hydrogen-bond donors (Lipinski definition) is 0. The molecule has 0 bridgehead atoms. The molecule has 2 atom stereocenters. The summed E-state index contributed by atoms with van der Waals surface area (Å²) in [5.41, 5.74) is 3.27. The maximum atomic E-state index is 12.9. The Bertz CT molecular complexity index is 986. The number of anilines is 1. The third-order valence-electron chi connectivity index (χ3n) is 4.81. The average molecular weight is 411 g/mol. The van der Waals surface area contributed by atoms with Crippen molar-refractivity contribution in [3.8, 4) is 0 Å². The van der Waals surface area contributed by atoms with E-state index in [1.54, 1.807) is 35.2 Å². The van der Waals surface area contributed by atoms with Crippen LogP contribution < -0.4 is 4.90 Å². The van der Waals surface area contributed by atoms with Crippen molar-refractivity contribution in [1.29, 1.82) is 0 Å². The molecule has 2 heterocycles. The predicted molar refractivity (Wildman–Crippen MR) is 113 cm³/mol. The number of nitrogens with zero attached hydrogens (tertiary/aromatic N) is 2. The normalized spacial score (nSPS) is 19.2. The van der Waals surface area contributed by atoms with Crippen LogP contribution in [0.2, 0.25) is 0 Å². The molecule has 0 spiro atoms. The highest BCUT2D eigenvalue weighted by atomic mass is 32.2. The van der Waals surface area contributed by atoms with Gasteiger partial charge in [-0.1, -0.05) is 29.8 Å². The summed E-state index contributed by atoms with van der Waals surface area (Å²) in [6.45, 7) is 2.04. The van der Waals surface area contributed by atoms with Crippen molar-refractivity contribution in [3.63, 3.8) is 0 Å². The van der Waals surface area contributed by atoms with Crippen LogP contribution in [0.1, 0.15) is 23.6 Å². The molecule has 2 aromatic carbocycles. The highest BCUT2D eigenvalue weighted by molar-refractivity contribution is 8.00. The highest BCUT2D eigenvalue weighted by Gasteiger charge is 2.42. The van der Waals surface area contributed by atoms with E-state index < -0.39 is 4.92 Å². The number of carbonyl (C=O) groups excluding carboxylic acids is 1. The number of thioether (sulfide) groups is 1. The van der Waals surface area contributed by atoms with Crippen LogP contribution >= 0.6 is 23.1 Å². The van der Waals surface area contributed by atoms with Gasteiger partial charge in [-0.15, -0.1) is 11.8 Å². The molecule has 0 aliphatic carbocycles. The van der Waals surface area contributed by atoms with Crippen LogP contribution in [0.4, 0.5) is 11.4 Å². The minimum atomic E-state index is -0.402. The highest BCUT2D eigenvalue weighted by Crippen LogP contribution is 2.45. The number of aryl methyl sites for hydroxylation is 1. The summed E-state index contributed by atoms with van der Waals surface area (Å²) in [6.07, 6.45) is 0.427. The Balaban J connectivity index is 1.67. The second kappa shape index (κ2) is 7.77. The van der Waals surface area contributed by atoms with Crippen LogP contribution in [0.15, 0.2) is 70.3 Å². The molecule has 1 aliphatic heterocycles. The van der Waals surface area contributed by atoms with E-state index in [0.29, 0.717) is 6.42 Å². The molecule has 1 fully saturated rings. The van der Waals surface area contributed by atoms with Gasteiger partial charge in [0.1, 0.15) is 0 Å². The molecule has 2 unspecified atom stereocenters. The van der Waals surface area contributed by atoms with Gasteiger partial charge in [0.2, 0.25) is 5.91 Å². The molecule has 0 saturated carbocycles. The van der Waals surface area contributed by atoms with E-state index in [1.807, 2.05) is 28.7 Å². The standard InChI is InChI=1S/C21H18N2O3S2/c1-14-2-4-15(5-3-14)21-19(12-20(24)22(21)17-10-11-27-13-17)28-18-8-6-16(7-9-18)23(25)26/h2-11,13,19,21H,12H2,1H3. The second-order valence-corrected chi connectivity index (χ2v) is 8.80. The molecule has 4 rings (SSSR count). The van der Waals surface area contributed by atoms with E-state index in [-0.39, 0.29) is 22.9 Å². The Kier molecular flexibility index (Phi) is 5.19. The number of non-ortho nitro benzene ring substituents is 1. The Morgan fingerprint density at radius 1 is 1.11 bits per heavy atom. The zero-order valence-corrected chi connectivity index (χ0v) is 16.8. The fraction of sp³-hybridized carbons (Fsp3) is 0.190. The van der Waals surface area contributed by atoms with Crippen LogP contribution in [0.3, 0.4) is 0 Å². The van der Waals surface area contributed by atoms with Gasteiger partial charge in [-0.05, 0) is 36.1 Å². The molecule has 1 aromatic heterocycles. The zero-order valence-electron chi connectivity index (χ0n) is 15.1. The molecule has 142 valence electrons. The van der Waals surface area contributed by atoms with Crippen LogP contribution in [-0.4, -0.2) is 16.1 Å². The molecule has 1 aliphatic rings. The van der Waals surface area contributed by atoms with E-state index in [4.69, 9.17) is 0 Å². The second-order valence-electron chi connectivity index (χ2n) is 6.71. The molecule has 5 nitrogen and oxygen atoms in total. The SMILES string of the molecule is Cc1ccc(C2C(Sc3ccc([N+](=O)[O-])cc3)CC(=O)N2c2ccsc2)cc1. The summed E-state index contributed by atoms with van der Waals surface area (Å²) in [4.78, 5) is 26.2. The first-order valence-corrected chi connectivity index (χ1v) is 10.7. The molecular weight excluding hydrogens is 392 g/mol. The van der Waals surface area contributed by atoms with Gasteiger partial charge in [0.25, 0.3) is 5.69 Å². The third kappa shape index (κ3) is 3.68. The average Bonchev–Trinajstić information content (AvgIpc) is 3.30. The Morgan fingerprint density at radius 3 is 2.43 bits per heavy atom. The largest absolute Gasteiger partial charge is 0.303 e. The van der Waals surface area contributed by atoms with Crippen LogP contribution in [0.5, 0.6) is 0 Å². The van der Waals surface area contributed by atoms with Crippen molar-refractivity contribution >= 4 is 40.4 Å². The lowest BCUT2D eigenvalue weighted by atomic mass is 10.0. The van der Waals surface area contributed by atoms with Gasteiger partial charge in [0, 0.05) is 34.1 Å². The zero-order chi connectivity index (χ0) is 19.7. The van der Waals surface area contributed by atoms with E-state index in [1.165, 1.54) is 17.7 Å². The first kappa shape index (κ1) is 18.7. The molecule has 1 amide bonds. The minimum Gasteiger partial charge on any atom is -0.303 e. The third-order valence-corrected chi connectivity index (χ3v) is 6.76. The monoisotopic (exact) mass is 410 g/mol. The fourth-order valence-electron chi connectivity index (χ4n) is 3.46. The van der Waals surface area contributed by atoms with Crippen molar-refractivity contribution in [3.05, 3.63) is 86.6 Å². The van der Waals surface area contributed by atoms with Gasteiger partial charge in [0.05, 0.1) is 16.7 Å². The van der Waals surface area contributed by atoms with Crippen molar-refractivity contribution in [2.24, 2.45) is 0 Å². The van der Waals surface area contributed by atoms with Crippen molar-refractivity contribution in [1.82, 2.24) is 0 Å². The number of nitro groups is 1. The lowest BCUT2D eigenvalue weighted by Crippen LogP contribution is -2.28. The molecule has 28 heavy (non-hydrogen) atoms. The first-order valence-electron chi connectivity index (χ1n) is 8.85. The molecule has 7 heteroatoms. The van der Waals surface area contributed by atoms with Crippen molar-refractivity contribution in [2.75, 3.05) is 4.90 Å². The summed E-state index contributed by atoms with van der Waals surface area (Å²) in [5.74, 6) is 0.100. The topological polar surface area (TPSA) is 63.5 Å².